The molecule has 6 nitrogen and oxygen atoms in total. The Hall–Kier alpha value is -4.06. The number of fused-ring (bicyclic) bond motifs is 6. The first kappa shape index (κ1) is 23.1. The van der Waals surface area contributed by atoms with Crippen molar-refractivity contribution in [1.29, 1.82) is 0 Å². The Labute approximate surface area is 220 Å². The molecule has 0 N–H and O–H groups in total. The summed E-state index contributed by atoms with van der Waals surface area (Å²) in [5.41, 5.74) is 7.22. The molecular formula is C32H28O6. The van der Waals surface area contributed by atoms with E-state index in [2.05, 4.69) is 12.1 Å². The minimum Gasteiger partial charge on any atom is -0.493 e. The molecule has 1 aromatic heterocycles. The second kappa shape index (κ2) is 9.05. The third-order valence-corrected chi connectivity index (χ3v) is 8.09. The predicted octanol–water partition coefficient (Wildman–Crippen LogP) is 5.59. The van der Waals surface area contributed by atoms with Crippen LogP contribution in [0.25, 0.3) is 11.0 Å². The van der Waals surface area contributed by atoms with Crippen LogP contribution in [-0.2, 0) is 30.5 Å². The molecule has 0 unspecified atom stereocenters. The number of carbonyl (C=O) groups excluding carboxylic acids is 1. The maximum absolute atomic E-state index is 13.0. The molecule has 192 valence electrons. The number of aryl methyl sites for hydroxylation is 2. The first-order valence-corrected chi connectivity index (χ1v) is 13.4. The second-order valence-corrected chi connectivity index (χ2v) is 10.4. The number of benzene rings is 3. The largest absolute Gasteiger partial charge is 0.493 e. The van der Waals surface area contributed by atoms with Gasteiger partial charge in [0.05, 0.1) is 25.0 Å². The van der Waals surface area contributed by atoms with E-state index in [1.807, 2.05) is 43.3 Å². The number of hydrogen-bond donors (Lipinski definition) is 0. The molecule has 0 saturated carbocycles. The number of esters is 1. The summed E-state index contributed by atoms with van der Waals surface area (Å²) in [6.45, 7) is 3.26. The van der Waals surface area contributed by atoms with Gasteiger partial charge in [-0.25, -0.2) is 4.79 Å². The standard InChI is InChI=1S/C32H28O6/c1-18-15-27-30(22-6-4-7-23(22)32(34)37-27)31-29(18)24(17-28(33)38-31)21-5-2-3-8-26(21)36-13-11-19-9-10-25-20(16-19)12-14-35-25/h2-3,5,8-10,15-16,24H,4,6-7,11-14,17H2,1H3/t24-/m1/s1. The third kappa shape index (κ3) is 3.78. The number of hydrogen-bond acceptors (Lipinski definition) is 6. The summed E-state index contributed by atoms with van der Waals surface area (Å²) in [4.78, 5) is 25.5. The molecule has 4 aromatic rings. The highest BCUT2D eigenvalue weighted by Crippen LogP contribution is 2.48. The van der Waals surface area contributed by atoms with Crippen molar-refractivity contribution >= 4 is 16.9 Å². The van der Waals surface area contributed by atoms with Gasteiger partial charge in [0.2, 0.25) is 0 Å². The topological polar surface area (TPSA) is 75.0 Å². The van der Waals surface area contributed by atoms with Gasteiger partial charge in [0.1, 0.15) is 22.8 Å². The van der Waals surface area contributed by atoms with Crippen molar-refractivity contribution in [3.05, 3.63) is 97.9 Å². The van der Waals surface area contributed by atoms with E-state index in [-0.39, 0.29) is 23.9 Å². The summed E-state index contributed by atoms with van der Waals surface area (Å²) in [6.07, 6.45) is 4.33. The Morgan fingerprint density at radius 3 is 2.79 bits per heavy atom. The molecule has 0 spiro atoms. The van der Waals surface area contributed by atoms with Crippen molar-refractivity contribution in [3.63, 3.8) is 0 Å². The van der Waals surface area contributed by atoms with Crippen molar-refractivity contribution in [1.82, 2.24) is 0 Å². The molecule has 7 rings (SSSR count). The van der Waals surface area contributed by atoms with Gasteiger partial charge in [0, 0.05) is 35.4 Å². The minimum atomic E-state index is -0.289. The highest BCUT2D eigenvalue weighted by molar-refractivity contribution is 5.95. The Morgan fingerprint density at radius 1 is 1.00 bits per heavy atom. The van der Waals surface area contributed by atoms with E-state index in [4.69, 9.17) is 18.6 Å². The lowest BCUT2D eigenvalue weighted by atomic mass is 9.82. The molecule has 0 amide bonds. The average molecular weight is 509 g/mol. The lowest BCUT2D eigenvalue weighted by molar-refractivity contribution is -0.135. The summed E-state index contributed by atoms with van der Waals surface area (Å²) in [6, 6.07) is 16.2. The van der Waals surface area contributed by atoms with Gasteiger partial charge >= 0.3 is 11.6 Å². The molecule has 1 atom stereocenters. The lowest BCUT2D eigenvalue weighted by Gasteiger charge is -2.29. The van der Waals surface area contributed by atoms with E-state index in [0.29, 0.717) is 29.9 Å². The van der Waals surface area contributed by atoms with Gasteiger partial charge in [-0.1, -0.05) is 30.3 Å². The first-order valence-electron chi connectivity index (χ1n) is 13.4. The van der Waals surface area contributed by atoms with Crippen LogP contribution in [0, 0.1) is 6.92 Å². The predicted molar refractivity (Wildman–Crippen MR) is 143 cm³/mol. The molecular weight excluding hydrogens is 480 g/mol. The highest BCUT2D eigenvalue weighted by Gasteiger charge is 2.35. The van der Waals surface area contributed by atoms with Crippen LogP contribution in [-0.4, -0.2) is 19.2 Å². The Morgan fingerprint density at radius 2 is 1.87 bits per heavy atom. The maximum atomic E-state index is 13.0. The quantitative estimate of drug-likeness (QED) is 0.199. The molecule has 3 heterocycles. The van der Waals surface area contributed by atoms with Crippen LogP contribution in [0.2, 0.25) is 0 Å². The van der Waals surface area contributed by atoms with E-state index < -0.39 is 0 Å². The van der Waals surface area contributed by atoms with Gasteiger partial charge in [-0.05, 0) is 66.6 Å². The lowest BCUT2D eigenvalue weighted by Crippen LogP contribution is -2.23. The molecule has 3 aromatic carbocycles. The number of para-hydroxylation sites is 1. The van der Waals surface area contributed by atoms with Crippen LogP contribution >= 0.6 is 0 Å². The van der Waals surface area contributed by atoms with Crippen molar-refractivity contribution < 1.29 is 23.4 Å². The Balaban J connectivity index is 1.25. The van der Waals surface area contributed by atoms with E-state index in [0.717, 1.165) is 71.4 Å². The van der Waals surface area contributed by atoms with Gasteiger partial charge in [0.15, 0.2) is 0 Å². The van der Waals surface area contributed by atoms with Crippen molar-refractivity contribution in [2.24, 2.45) is 0 Å². The second-order valence-electron chi connectivity index (χ2n) is 10.4. The summed E-state index contributed by atoms with van der Waals surface area (Å²) in [7, 11) is 0. The fourth-order valence-corrected chi connectivity index (χ4v) is 6.35. The third-order valence-electron chi connectivity index (χ3n) is 8.09. The summed E-state index contributed by atoms with van der Waals surface area (Å²) in [5.74, 6) is 1.79. The molecule has 6 heteroatoms. The van der Waals surface area contributed by atoms with Gasteiger partial charge in [-0.2, -0.15) is 0 Å². The fraction of sp³-hybridized carbons (Fsp3) is 0.312. The summed E-state index contributed by atoms with van der Waals surface area (Å²) in [5, 5.41) is 0.773. The summed E-state index contributed by atoms with van der Waals surface area (Å²) < 4.78 is 23.6. The zero-order valence-corrected chi connectivity index (χ0v) is 21.3. The molecule has 0 saturated heterocycles. The van der Waals surface area contributed by atoms with Gasteiger partial charge in [0.25, 0.3) is 0 Å². The van der Waals surface area contributed by atoms with Crippen molar-refractivity contribution in [2.45, 2.75) is 51.4 Å². The molecule has 1 aliphatic carbocycles. The normalized spacial score (nSPS) is 17.5. The molecule has 3 aliphatic rings. The molecule has 0 radical (unpaired) electrons. The van der Waals surface area contributed by atoms with Crippen LogP contribution in [0.4, 0.5) is 0 Å². The van der Waals surface area contributed by atoms with E-state index in [1.165, 1.54) is 11.1 Å². The van der Waals surface area contributed by atoms with Crippen LogP contribution in [0.15, 0.2) is 57.7 Å². The van der Waals surface area contributed by atoms with Gasteiger partial charge < -0.3 is 18.6 Å². The van der Waals surface area contributed by atoms with Crippen LogP contribution < -0.4 is 19.8 Å². The molecule has 2 aliphatic heterocycles. The highest BCUT2D eigenvalue weighted by atomic mass is 16.5. The SMILES string of the molecule is Cc1cc2oc(=O)c3c(c2c2c1[C@@H](c1ccccc1OCCc1ccc4c(c1)CCO4)CC(=O)O2)CCC3. The number of carbonyl (C=O) groups is 1. The van der Waals surface area contributed by atoms with Gasteiger partial charge in [-0.3, -0.25) is 4.79 Å². The average Bonchev–Trinajstić information content (AvgIpc) is 3.58. The first-order chi connectivity index (χ1) is 18.6. The molecule has 38 heavy (non-hydrogen) atoms. The van der Waals surface area contributed by atoms with Gasteiger partial charge in [-0.15, -0.1) is 0 Å². The number of rotatable bonds is 5. The summed E-state index contributed by atoms with van der Waals surface area (Å²) >= 11 is 0. The van der Waals surface area contributed by atoms with E-state index >= 15 is 0 Å². The molecule has 0 fully saturated rings. The fourth-order valence-electron chi connectivity index (χ4n) is 6.35. The van der Waals surface area contributed by atoms with Crippen molar-refractivity contribution in [3.8, 4) is 17.2 Å². The van der Waals surface area contributed by atoms with E-state index in [1.54, 1.807) is 0 Å². The number of ether oxygens (including phenoxy) is 3. The Bertz CT molecular complexity index is 1660. The van der Waals surface area contributed by atoms with Crippen LogP contribution in [0.5, 0.6) is 17.2 Å². The molecule has 0 bridgehead atoms. The van der Waals surface area contributed by atoms with Crippen molar-refractivity contribution in [2.75, 3.05) is 13.2 Å². The zero-order chi connectivity index (χ0) is 25.8. The smallest absolute Gasteiger partial charge is 0.339 e. The van der Waals surface area contributed by atoms with E-state index in [9.17, 15) is 9.59 Å². The van der Waals surface area contributed by atoms with Crippen LogP contribution in [0.3, 0.4) is 0 Å². The monoisotopic (exact) mass is 508 g/mol. The maximum Gasteiger partial charge on any atom is 0.339 e. The minimum absolute atomic E-state index is 0.215. The Kier molecular flexibility index (Phi) is 5.50. The zero-order valence-electron chi connectivity index (χ0n) is 21.3. The van der Waals surface area contributed by atoms with Crippen LogP contribution in [0.1, 0.15) is 57.7 Å².